The average Bonchev–Trinajstić information content (AvgIpc) is 2.52. The molecule has 1 aromatic rings. The first-order valence-corrected chi connectivity index (χ1v) is 6.28. The second-order valence-electron chi connectivity index (χ2n) is 6.15. The van der Waals surface area contributed by atoms with Gasteiger partial charge in [0.2, 0.25) is 0 Å². The highest BCUT2D eigenvalue weighted by Crippen LogP contribution is 2.61. The number of nitrogens with two attached hydrogens (primary N) is 2. The number of hydrogen-bond acceptors (Lipinski definition) is 2. The summed E-state index contributed by atoms with van der Waals surface area (Å²) in [6.07, 6.45) is 4.38. The zero-order valence-electron chi connectivity index (χ0n) is 9.45. The molecule has 5 rings (SSSR count). The average molecular weight is 214 g/mol. The minimum absolute atomic E-state index is 0.0959. The van der Waals surface area contributed by atoms with Crippen molar-refractivity contribution in [2.45, 2.75) is 48.6 Å². The van der Waals surface area contributed by atoms with Crippen LogP contribution in [0.4, 0.5) is 0 Å². The summed E-state index contributed by atoms with van der Waals surface area (Å²) in [6.45, 7) is 0. The Balaban J connectivity index is 1.97. The molecule has 2 saturated carbocycles. The molecule has 0 saturated heterocycles. The van der Waals surface area contributed by atoms with Crippen molar-refractivity contribution in [1.29, 1.82) is 0 Å². The highest BCUT2D eigenvalue weighted by atomic mass is 15.0. The van der Waals surface area contributed by atoms with Crippen molar-refractivity contribution in [2.75, 3.05) is 0 Å². The SMILES string of the molecule is NC12CC3CC1(N)CC(C2)c1ccccc13. The molecule has 2 nitrogen and oxygen atoms in total. The summed E-state index contributed by atoms with van der Waals surface area (Å²) in [4.78, 5) is 0. The maximum absolute atomic E-state index is 6.57. The summed E-state index contributed by atoms with van der Waals surface area (Å²) in [5.41, 5.74) is 16.0. The van der Waals surface area contributed by atoms with Crippen LogP contribution in [0, 0.1) is 0 Å². The fourth-order valence-corrected chi connectivity index (χ4v) is 4.58. The van der Waals surface area contributed by atoms with Gasteiger partial charge < -0.3 is 11.5 Å². The third-order valence-electron chi connectivity index (χ3n) is 5.31. The lowest BCUT2D eigenvalue weighted by molar-refractivity contribution is 0.309. The van der Waals surface area contributed by atoms with Crippen molar-refractivity contribution in [2.24, 2.45) is 11.5 Å². The molecule has 0 aliphatic heterocycles. The molecule has 1 aromatic carbocycles. The first-order valence-electron chi connectivity index (χ1n) is 6.28. The van der Waals surface area contributed by atoms with E-state index < -0.39 is 0 Å². The molecule has 0 atom stereocenters. The fourth-order valence-electron chi connectivity index (χ4n) is 4.58. The van der Waals surface area contributed by atoms with Crippen molar-refractivity contribution in [3.05, 3.63) is 35.4 Å². The van der Waals surface area contributed by atoms with Crippen LogP contribution in [0.3, 0.4) is 0 Å². The Hall–Kier alpha value is -0.860. The molecule has 0 spiro atoms. The lowest BCUT2D eigenvalue weighted by Gasteiger charge is -2.33. The lowest BCUT2D eigenvalue weighted by atomic mass is 9.85. The molecule has 2 heteroatoms. The van der Waals surface area contributed by atoms with Gasteiger partial charge in [-0.2, -0.15) is 0 Å². The molecule has 0 heterocycles. The summed E-state index contributed by atoms with van der Waals surface area (Å²) < 4.78 is 0. The summed E-state index contributed by atoms with van der Waals surface area (Å²) >= 11 is 0. The summed E-state index contributed by atoms with van der Waals surface area (Å²) in [6, 6.07) is 8.88. The number of hydrogen-bond donors (Lipinski definition) is 2. The summed E-state index contributed by atoms with van der Waals surface area (Å²) in [7, 11) is 0. The topological polar surface area (TPSA) is 52.0 Å². The van der Waals surface area contributed by atoms with Gasteiger partial charge >= 0.3 is 0 Å². The van der Waals surface area contributed by atoms with Crippen LogP contribution in [0.1, 0.15) is 48.6 Å². The third kappa shape index (κ3) is 0.871. The van der Waals surface area contributed by atoms with Crippen LogP contribution in [-0.4, -0.2) is 11.1 Å². The van der Waals surface area contributed by atoms with Gasteiger partial charge in [0.05, 0.1) is 0 Å². The van der Waals surface area contributed by atoms with Gasteiger partial charge in [-0.25, -0.2) is 0 Å². The monoisotopic (exact) mass is 214 g/mol. The predicted molar refractivity (Wildman–Crippen MR) is 64.2 cm³/mol. The van der Waals surface area contributed by atoms with Crippen molar-refractivity contribution in [1.82, 2.24) is 0 Å². The smallest absolute Gasteiger partial charge is 0.0349 e. The number of rotatable bonds is 0. The first kappa shape index (κ1) is 9.20. The van der Waals surface area contributed by atoms with E-state index in [1.54, 1.807) is 0 Å². The minimum Gasteiger partial charge on any atom is -0.324 e. The van der Waals surface area contributed by atoms with Gasteiger partial charge in [-0.1, -0.05) is 24.3 Å². The lowest BCUT2D eigenvalue weighted by Crippen LogP contribution is -2.58. The minimum atomic E-state index is -0.0959. The van der Waals surface area contributed by atoms with E-state index in [1.807, 2.05) is 0 Å². The Morgan fingerprint density at radius 2 is 1.19 bits per heavy atom. The number of benzene rings is 1. The molecule has 2 fully saturated rings. The van der Waals surface area contributed by atoms with Crippen LogP contribution >= 0.6 is 0 Å². The van der Waals surface area contributed by atoms with E-state index in [9.17, 15) is 0 Å². The van der Waals surface area contributed by atoms with Crippen LogP contribution in [0.5, 0.6) is 0 Å². The van der Waals surface area contributed by atoms with Crippen molar-refractivity contribution < 1.29 is 0 Å². The normalized spacial score (nSPS) is 48.1. The Morgan fingerprint density at radius 3 is 1.56 bits per heavy atom. The highest BCUT2D eigenvalue weighted by molar-refractivity contribution is 5.44. The Bertz CT molecular complexity index is 411. The van der Waals surface area contributed by atoms with Gasteiger partial charge in [0.1, 0.15) is 0 Å². The van der Waals surface area contributed by atoms with Crippen molar-refractivity contribution in [3.63, 3.8) is 0 Å². The van der Waals surface area contributed by atoms with E-state index >= 15 is 0 Å². The van der Waals surface area contributed by atoms with Gasteiger partial charge in [-0.3, -0.25) is 0 Å². The molecule has 0 radical (unpaired) electrons. The van der Waals surface area contributed by atoms with Gasteiger partial charge in [0, 0.05) is 11.1 Å². The summed E-state index contributed by atoms with van der Waals surface area (Å²) in [5.74, 6) is 1.22. The second-order valence-corrected chi connectivity index (χ2v) is 6.15. The molecule has 0 amide bonds. The standard InChI is InChI=1S/C14H18N2/c15-13-5-9-6-14(13,16)8-10(7-13)12-4-2-1-3-11(9)12/h1-4,9-10H,5-8,15-16H2. The Labute approximate surface area is 96.0 Å². The zero-order valence-corrected chi connectivity index (χ0v) is 9.45. The van der Waals surface area contributed by atoms with Crippen molar-refractivity contribution >= 4 is 0 Å². The summed E-state index contributed by atoms with van der Waals surface area (Å²) in [5, 5.41) is 0. The second kappa shape index (κ2) is 2.52. The van der Waals surface area contributed by atoms with Gasteiger partial charge in [0.15, 0.2) is 0 Å². The predicted octanol–water partition coefficient (Wildman–Crippen LogP) is 1.85. The van der Waals surface area contributed by atoms with E-state index in [2.05, 4.69) is 24.3 Å². The van der Waals surface area contributed by atoms with Crippen LogP contribution in [0.2, 0.25) is 0 Å². The quantitative estimate of drug-likeness (QED) is 0.692. The third-order valence-corrected chi connectivity index (χ3v) is 5.31. The Morgan fingerprint density at radius 1 is 0.812 bits per heavy atom. The molecular formula is C14H18N2. The van der Waals surface area contributed by atoms with E-state index in [1.165, 1.54) is 11.1 Å². The van der Waals surface area contributed by atoms with Gasteiger partial charge in [-0.15, -0.1) is 0 Å². The van der Waals surface area contributed by atoms with Crippen LogP contribution in [0.15, 0.2) is 24.3 Å². The maximum atomic E-state index is 6.57. The molecule has 4 aliphatic carbocycles. The molecule has 4 N–H and O–H groups in total. The molecule has 84 valence electrons. The van der Waals surface area contributed by atoms with Gasteiger partial charge in [-0.05, 0) is 48.6 Å². The fraction of sp³-hybridized carbons (Fsp3) is 0.571. The molecule has 16 heavy (non-hydrogen) atoms. The molecule has 0 unspecified atom stereocenters. The van der Waals surface area contributed by atoms with E-state index in [0.29, 0.717) is 11.8 Å². The maximum Gasteiger partial charge on any atom is 0.0349 e. The largest absolute Gasteiger partial charge is 0.324 e. The van der Waals surface area contributed by atoms with Crippen LogP contribution in [0.25, 0.3) is 0 Å². The zero-order chi connectivity index (χ0) is 11.0. The van der Waals surface area contributed by atoms with Gasteiger partial charge in [0.25, 0.3) is 0 Å². The van der Waals surface area contributed by atoms with E-state index in [4.69, 9.17) is 11.5 Å². The molecular weight excluding hydrogens is 196 g/mol. The van der Waals surface area contributed by atoms with Crippen LogP contribution < -0.4 is 11.5 Å². The highest BCUT2D eigenvalue weighted by Gasteiger charge is 2.62. The molecule has 4 bridgehead atoms. The van der Waals surface area contributed by atoms with E-state index in [-0.39, 0.29) is 11.1 Å². The molecule has 4 aliphatic rings. The first-order chi connectivity index (χ1) is 7.61. The van der Waals surface area contributed by atoms with Crippen LogP contribution in [-0.2, 0) is 0 Å². The Kier molecular flexibility index (Phi) is 1.45. The molecule has 0 aromatic heterocycles. The van der Waals surface area contributed by atoms with Crippen molar-refractivity contribution in [3.8, 4) is 0 Å². The van der Waals surface area contributed by atoms with E-state index in [0.717, 1.165) is 25.7 Å².